The Hall–Kier alpha value is -1.13. The van der Waals surface area contributed by atoms with Gasteiger partial charge in [-0.3, -0.25) is 4.98 Å². The molecule has 1 unspecified atom stereocenters. The van der Waals surface area contributed by atoms with Crippen LogP contribution in [0.2, 0.25) is 0 Å². The molecule has 4 heteroatoms. The number of nitrogens with zero attached hydrogens (tertiary/aromatic N) is 2. The molecule has 2 rings (SSSR count). The predicted octanol–water partition coefficient (Wildman–Crippen LogP) is 1.57. The highest BCUT2D eigenvalue weighted by atomic mass is 16.5. The Labute approximate surface area is 103 Å². The number of hydrogen-bond acceptors (Lipinski definition) is 4. The minimum absolute atomic E-state index is 0.00358. The van der Waals surface area contributed by atoms with Gasteiger partial charge in [-0.1, -0.05) is 0 Å². The first-order chi connectivity index (χ1) is 8.20. The van der Waals surface area contributed by atoms with Crippen LogP contribution in [0.5, 0.6) is 0 Å². The van der Waals surface area contributed by atoms with Crippen molar-refractivity contribution >= 4 is 5.69 Å². The van der Waals surface area contributed by atoms with E-state index in [-0.39, 0.29) is 6.04 Å². The smallest absolute Gasteiger partial charge is 0.0569 e. The van der Waals surface area contributed by atoms with Gasteiger partial charge in [-0.25, -0.2) is 0 Å². The van der Waals surface area contributed by atoms with E-state index in [1.807, 2.05) is 19.2 Å². The molecule has 0 spiro atoms. The van der Waals surface area contributed by atoms with Gasteiger partial charge in [0.05, 0.1) is 24.2 Å². The fourth-order valence-corrected chi connectivity index (χ4v) is 2.29. The van der Waals surface area contributed by atoms with Gasteiger partial charge in [0.25, 0.3) is 0 Å². The van der Waals surface area contributed by atoms with Crippen molar-refractivity contribution in [3.63, 3.8) is 0 Å². The number of nitrogens with two attached hydrogens (primary N) is 1. The maximum atomic E-state index is 5.79. The molecule has 0 radical (unpaired) electrons. The van der Waals surface area contributed by atoms with Crippen LogP contribution in [0.15, 0.2) is 18.3 Å². The molecule has 1 saturated heterocycles. The first-order valence-electron chi connectivity index (χ1n) is 6.16. The highest BCUT2D eigenvalue weighted by molar-refractivity contribution is 5.45. The summed E-state index contributed by atoms with van der Waals surface area (Å²) < 4.78 is 5.20. The van der Waals surface area contributed by atoms with Gasteiger partial charge in [0, 0.05) is 32.2 Å². The average molecular weight is 235 g/mol. The molecule has 0 bridgehead atoms. The topological polar surface area (TPSA) is 51.4 Å². The first kappa shape index (κ1) is 12.3. The van der Waals surface area contributed by atoms with Crippen LogP contribution in [-0.2, 0) is 4.74 Å². The van der Waals surface area contributed by atoms with Gasteiger partial charge >= 0.3 is 0 Å². The molecule has 0 aliphatic carbocycles. The SMILES string of the molecule is COCC1CCN(c2ccc([C@@H](C)N)nc2)C1. The van der Waals surface area contributed by atoms with Gasteiger partial charge in [0.1, 0.15) is 0 Å². The van der Waals surface area contributed by atoms with E-state index in [9.17, 15) is 0 Å². The van der Waals surface area contributed by atoms with Crippen molar-refractivity contribution in [1.29, 1.82) is 0 Å². The summed E-state index contributed by atoms with van der Waals surface area (Å²) in [5, 5.41) is 0. The monoisotopic (exact) mass is 235 g/mol. The highest BCUT2D eigenvalue weighted by Gasteiger charge is 2.22. The van der Waals surface area contributed by atoms with Crippen LogP contribution in [0, 0.1) is 5.92 Å². The summed E-state index contributed by atoms with van der Waals surface area (Å²) in [6.45, 7) is 4.95. The van der Waals surface area contributed by atoms with Gasteiger partial charge in [0.2, 0.25) is 0 Å². The molecule has 2 heterocycles. The van der Waals surface area contributed by atoms with Crippen LogP contribution >= 0.6 is 0 Å². The normalized spacial score (nSPS) is 21.8. The first-order valence-corrected chi connectivity index (χ1v) is 6.16. The summed E-state index contributed by atoms with van der Waals surface area (Å²) in [6, 6.07) is 4.13. The Morgan fingerprint density at radius 2 is 2.41 bits per heavy atom. The zero-order valence-corrected chi connectivity index (χ0v) is 10.6. The fraction of sp³-hybridized carbons (Fsp3) is 0.615. The molecule has 4 nitrogen and oxygen atoms in total. The molecule has 1 aliphatic rings. The molecule has 1 fully saturated rings. The highest BCUT2D eigenvalue weighted by Crippen LogP contribution is 2.23. The molecule has 0 aromatic carbocycles. The number of methoxy groups -OCH3 is 1. The minimum Gasteiger partial charge on any atom is -0.384 e. The van der Waals surface area contributed by atoms with Gasteiger partial charge in [-0.15, -0.1) is 0 Å². The maximum Gasteiger partial charge on any atom is 0.0569 e. The summed E-state index contributed by atoms with van der Waals surface area (Å²) in [7, 11) is 1.77. The molecule has 1 aromatic heterocycles. The van der Waals surface area contributed by atoms with E-state index < -0.39 is 0 Å². The van der Waals surface area contributed by atoms with E-state index in [1.54, 1.807) is 7.11 Å². The van der Waals surface area contributed by atoms with Crippen molar-refractivity contribution in [2.45, 2.75) is 19.4 Å². The fourth-order valence-electron chi connectivity index (χ4n) is 2.29. The van der Waals surface area contributed by atoms with Gasteiger partial charge in [-0.05, 0) is 25.5 Å². The average Bonchev–Trinajstić information content (AvgIpc) is 2.78. The van der Waals surface area contributed by atoms with Crippen LogP contribution in [0.25, 0.3) is 0 Å². The Morgan fingerprint density at radius 3 is 3.00 bits per heavy atom. The number of anilines is 1. The molecule has 0 amide bonds. The van der Waals surface area contributed by atoms with Crippen LogP contribution in [-0.4, -0.2) is 31.8 Å². The van der Waals surface area contributed by atoms with Crippen LogP contribution in [0.1, 0.15) is 25.1 Å². The second-order valence-electron chi connectivity index (χ2n) is 4.79. The largest absolute Gasteiger partial charge is 0.384 e. The van der Waals surface area contributed by atoms with Crippen molar-refractivity contribution in [3.8, 4) is 0 Å². The van der Waals surface area contributed by atoms with Gasteiger partial charge in [-0.2, -0.15) is 0 Å². The molecule has 2 atom stereocenters. The van der Waals surface area contributed by atoms with Crippen LogP contribution in [0.3, 0.4) is 0 Å². The Morgan fingerprint density at radius 1 is 1.59 bits per heavy atom. The second-order valence-corrected chi connectivity index (χ2v) is 4.79. The molecule has 1 aromatic rings. The molecular weight excluding hydrogens is 214 g/mol. The zero-order chi connectivity index (χ0) is 12.3. The van der Waals surface area contributed by atoms with E-state index in [0.29, 0.717) is 5.92 Å². The maximum absolute atomic E-state index is 5.79. The summed E-state index contributed by atoms with van der Waals surface area (Å²) >= 11 is 0. The van der Waals surface area contributed by atoms with E-state index in [4.69, 9.17) is 10.5 Å². The Balaban J connectivity index is 1.99. The van der Waals surface area contributed by atoms with E-state index in [2.05, 4.69) is 16.0 Å². The lowest BCUT2D eigenvalue weighted by Gasteiger charge is -2.18. The molecule has 2 N–H and O–H groups in total. The standard InChI is InChI=1S/C13H21N3O/c1-10(14)13-4-3-12(7-15-13)16-6-5-11(8-16)9-17-2/h3-4,7,10-11H,5-6,8-9,14H2,1-2H3/t10-,11?/m1/s1. The second kappa shape index (κ2) is 5.47. The van der Waals surface area contributed by atoms with E-state index in [1.165, 1.54) is 12.1 Å². The summed E-state index contributed by atoms with van der Waals surface area (Å²) in [6.07, 6.45) is 3.12. The molecular formula is C13H21N3O. The number of rotatable bonds is 4. The van der Waals surface area contributed by atoms with Crippen LogP contribution < -0.4 is 10.6 Å². The third kappa shape index (κ3) is 2.96. The lowest BCUT2D eigenvalue weighted by Crippen LogP contribution is -2.21. The minimum atomic E-state index is 0.00358. The summed E-state index contributed by atoms with van der Waals surface area (Å²) in [4.78, 5) is 6.76. The van der Waals surface area contributed by atoms with Crippen molar-refractivity contribution in [1.82, 2.24) is 4.98 Å². The Bertz CT molecular complexity index is 350. The lowest BCUT2D eigenvalue weighted by atomic mass is 10.1. The van der Waals surface area contributed by atoms with Crippen molar-refractivity contribution in [3.05, 3.63) is 24.0 Å². The van der Waals surface area contributed by atoms with Gasteiger partial charge < -0.3 is 15.4 Å². The number of ether oxygens (including phenoxy) is 1. The molecule has 1 aliphatic heterocycles. The van der Waals surface area contributed by atoms with E-state index >= 15 is 0 Å². The Kier molecular flexibility index (Phi) is 3.97. The van der Waals surface area contributed by atoms with Gasteiger partial charge in [0.15, 0.2) is 0 Å². The van der Waals surface area contributed by atoms with Crippen molar-refractivity contribution in [2.24, 2.45) is 11.7 Å². The zero-order valence-electron chi connectivity index (χ0n) is 10.6. The molecule has 94 valence electrons. The number of pyridine rings is 1. The quantitative estimate of drug-likeness (QED) is 0.860. The number of aromatic nitrogens is 1. The predicted molar refractivity (Wildman–Crippen MR) is 69.0 cm³/mol. The third-order valence-electron chi connectivity index (χ3n) is 3.29. The molecule has 0 saturated carbocycles. The summed E-state index contributed by atoms with van der Waals surface area (Å²) in [5.41, 5.74) is 7.92. The number of hydrogen-bond donors (Lipinski definition) is 1. The summed E-state index contributed by atoms with van der Waals surface area (Å²) in [5.74, 6) is 0.646. The lowest BCUT2D eigenvalue weighted by molar-refractivity contribution is 0.161. The molecule has 17 heavy (non-hydrogen) atoms. The van der Waals surface area contributed by atoms with Crippen molar-refractivity contribution in [2.75, 3.05) is 31.7 Å². The van der Waals surface area contributed by atoms with Crippen LogP contribution in [0.4, 0.5) is 5.69 Å². The van der Waals surface area contributed by atoms with Crippen molar-refractivity contribution < 1.29 is 4.74 Å². The third-order valence-corrected chi connectivity index (χ3v) is 3.29. The van der Waals surface area contributed by atoms with E-state index in [0.717, 1.165) is 25.4 Å².